The van der Waals surface area contributed by atoms with Crippen molar-refractivity contribution in [2.24, 2.45) is 5.41 Å². The Morgan fingerprint density at radius 2 is 2.09 bits per heavy atom. The van der Waals surface area contributed by atoms with E-state index in [2.05, 4.69) is 10.1 Å². The van der Waals surface area contributed by atoms with Gasteiger partial charge in [0.05, 0.1) is 5.41 Å². The Balaban J connectivity index is 1.80. The molecule has 0 spiro atoms. The number of nitrogens with zero attached hydrogens (tertiary/aromatic N) is 3. The van der Waals surface area contributed by atoms with Gasteiger partial charge in [-0.15, -0.1) is 0 Å². The van der Waals surface area contributed by atoms with Crippen LogP contribution in [0, 0.1) is 5.41 Å². The molecule has 0 aromatic carbocycles. The lowest BCUT2D eigenvalue weighted by Gasteiger charge is -2.20. The van der Waals surface area contributed by atoms with Gasteiger partial charge in [0.1, 0.15) is 0 Å². The van der Waals surface area contributed by atoms with E-state index in [1.165, 1.54) is 0 Å². The molecule has 1 fully saturated rings. The molecule has 0 radical (unpaired) electrons. The van der Waals surface area contributed by atoms with E-state index in [0.717, 1.165) is 0 Å². The minimum absolute atomic E-state index is 0.00876. The predicted molar refractivity (Wildman–Crippen MR) is 82.9 cm³/mol. The van der Waals surface area contributed by atoms with Crippen molar-refractivity contribution in [3.63, 3.8) is 0 Å². The number of carboxylic acid groups (broad SMARTS) is 1. The van der Waals surface area contributed by atoms with Crippen LogP contribution in [0.15, 0.2) is 4.52 Å². The smallest absolute Gasteiger partial charge is 0.311 e. The van der Waals surface area contributed by atoms with Crippen LogP contribution in [0.1, 0.15) is 58.7 Å². The fourth-order valence-electron chi connectivity index (χ4n) is 2.56. The fourth-order valence-corrected chi connectivity index (χ4v) is 2.56. The lowest BCUT2D eigenvalue weighted by atomic mass is 9.90. The Morgan fingerprint density at radius 1 is 1.39 bits per heavy atom. The zero-order chi connectivity index (χ0) is 17.3. The minimum Gasteiger partial charge on any atom is -0.481 e. The summed E-state index contributed by atoms with van der Waals surface area (Å²) < 4.78 is 5.20. The number of carbonyl (C=O) groups is 2. The molecule has 1 N–H and O–H groups in total. The third-order valence-corrected chi connectivity index (χ3v) is 4.26. The van der Waals surface area contributed by atoms with Gasteiger partial charge in [-0.2, -0.15) is 4.98 Å². The number of hydrogen-bond acceptors (Lipinski definition) is 5. The first-order valence-corrected chi connectivity index (χ1v) is 7.96. The standard InChI is InChI=1S/C16H25N3O4/c1-15(2,3)13-17-11(23-18-13)6-5-7-12(20)19-9-8-16(4,10-19)14(21)22/h5-10H2,1-4H3,(H,21,22)/t16-/m1/s1. The highest BCUT2D eigenvalue weighted by molar-refractivity contribution is 5.80. The second-order valence-corrected chi connectivity index (χ2v) is 7.55. The molecule has 2 heterocycles. The molecular formula is C16H25N3O4. The normalized spacial score (nSPS) is 21.7. The number of aliphatic carboxylic acids is 1. The molecule has 0 unspecified atom stereocenters. The van der Waals surface area contributed by atoms with Gasteiger partial charge >= 0.3 is 5.97 Å². The van der Waals surface area contributed by atoms with E-state index < -0.39 is 11.4 Å². The second-order valence-electron chi connectivity index (χ2n) is 7.55. The number of rotatable bonds is 5. The molecule has 1 atom stereocenters. The van der Waals surface area contributed by atoms with Crippen LogP contribution < -0.4 is 0 Å². The predicted octanol–water partition coefficient (Wildman–Crippen LogP) is 2.01. The topological polar surface area (TPSA) is 96.5 Å². The van der Waals surface area contributed by atoms with Crippen LogP contribution in [-0.2, 0) is 21.4 Å². The molecule has 1 aromatic heterocycles. The van der Waals surface area contributed by atoms with E-state index in [9.17, 15) is 14.7 Å². The van der Waals surface area contributed by atoms with Crippen LogP contribution in [0.5, 0.6) is 0 Å². The van der Waals surface area contributed by atoms with Crippen molar-refractivity contribution in [1.82, 2.24) is 15.0 Å². The van der Waals surface area contributed by atoms with Crippen molar-refractivity contribution in [3.8, 4) is 0 Å². The summed E-state index contributed by atoms with van der Waals surface area (Å²) in [5.74, 6) is 0.356. The Hall–Kier alpha value is -1.92. The van der Waals surface area contributed by atoms with Crippen molar-refractivity contribution >= 4 is 11.9 Å². The molecule has 1 aromatic rings. The number of carbonyl (C=O) groups excluding carboxylic acids is 1. The molecule has 7 heteroatoms. The molecule has 1 amide bonds. The maximum atomic E-state index is 12.2. The third-order valence-electron chi connectivity index (χ3n) is 4.26. The monoisotopic (exact) mass is 323 g/mol. The zero-order valence-corrected chi connectivity index (χ0v) is 14.3. The van der Waals surface area contributed by atoms with Gasteiger partial charge in [0.2, 0.25) is 11.8 Å². The maximum Gasteiger partial charge on any atom is 0.311 e. The van der Waals surface area contributed by atoms with Crippen LogP contribution in [-0.4, -0.2) is 45.1 Å². The number of likely N-dealkylation sites (tertiary alicyclic amines) is 1. The van der Waals surface area contributed by atoms with Gasteiger partial charge in [-0.05, 0) is 19.8 Å². The number of carboxylic acids is 1. The first-order chi connectivity index (χ1) is 10.6. The summed E-state index contributed by atoms with van der Waals surface area (Å²) in [5.41, 5.74) is -0.974. The summed E-state index contributed by atoms with van der Waals surface area (Å²) in [7, 11) is 0. The van der Waals surface area contributed by atoms with Crippen molar-refractivity contribution in [1.29, 1.82) is 0 Å². The van der Waals surface area contributed by atoms with Crippen LogP contribution in [0.3, 0.4) is 0 Å². The van der Waals surface area contributed by atoms with E-state index in [0.29, 0.717) is 43.9 Å². The fraction of sp³-hybridized carbons (Fsp3) is 0.750. The highest BCUT2D eigenvalue weighted by Gasteiger charge is 2.41. The van der Waals surface area contributed by atoms with Gasteiger partial charge < -0.3 is 14.5 Å². The summed E-state index contributed by atoms with van der Waals surface area (Å²) in [6.45, 7) is 8.52. The lowest BCUT2D eigenvalue weighted by Crippen LogP contribution is -2.34. The molecule has 0 aliphatic carbocycles. The second kappa shape index (κ2) is 6.29. The van der Waals surface area contributed by atoms with E-state index in [-0.39, 0.29) is 17.9 Å². The molecule has 128 valence electrons. The minimum atomic E-state index is -0.839. The average molecular weight is 323 g/mol. The van der Waals surface area contributed by atoms with Gasteiger partial charge in [0, 0.05) is 31.3 Å². The first-order valence-electron chi connectivity index (χ1n) is 7.96. The molecule has 23 heavy (non-hydrogen) atoms. The molecule has 0 bridgehead atoms. The molecule has 1 saturated heterocycles. The van der Waals surface area contributed by atoms with Gasteiger partial charge in [0.15, 0.2) is 5.82 Å². The molecule has 2 rings (SSSR count). The lowest BCUT2D eigenvalue weighted by molar-refractivity contribution is -0.147. The number of hydrogen-bond donors (Lipinski definition) is 1. The van der Waals surface area contributed by atoms with E-state index in [4.69, 9.17) is 4.52 Å². The van der Waals surface area contributed by atoms with Gasteiger partial charge in [-0.1, -0.05) is 25.9 Å². The van der Waals surface area contributed by atoms with Crippen LogP contribution >= 0.6 is 0 Å². The summed E-state index contributed by atoms with van der Waals surface area (Å²) in [5, 5.41) is 13.2. The van der Waals surface area contributed by atoms with Crippen LogP contribution in [0.25, 0.3) is 0 Å². The highest BCUT2D eigenvalue weighted by Crippen LogP contribution is 2.30. The van der Waals surface area contributed by atoms with Crippen molar-refractivity contribution < 1.29 is 19.2 Å². The van der Waals surface area contributed by atoms with Gasteiger partial charge in [0.25, 0.3) is 0 Å². The van der Waals surface area contributed by atoms with Crippen molar-refractivity contribution in [2.45, 2.75) is 58.8 Å². The quantitative estimate of drug-likeness (QED) is 0.890. The van der Waals surface area contributed by atoms with E-state index in [1.54, 1.807) is 11.8 Å². The Kier molecular flexibility index (Phi) is 4.77. The molecule has 1 aliphatic heterocycles. The van der Waals surface area contributed by atoms with Crippen LogP contribution in [0.2, 0.25) is 0 Å². The number of aromatic nitrogens is 2. The number of aryl methyl sites for hydroxylation is 1. The van der Waals surface area contributed by atoms with Crippen molar-refractivity contribution in [2.75, 3.05) is 13.1 Å². The van der Waals surface area contributed by atoms with Gasteiger partial charge in [-0.3, -0.25) is 9.59 Å². The zero-order valence-electron chi connectivity index (χ0n) is 14.3. The van der Waals surface area contributed by atoms with Gasteiger partial charge in [-0.25, -0.2) is 0 Å². The Labute approximate surface area is 136 Å². The maximum absolute atomic E-state index is 12.2. The molecule has 1 aliphatic rings. The summed E-state index contributed by atoms with van der Waals surface area (Å²) >= 11 is 0. The average Bonchev–Trinajstić information content (AvgIpc) is 3.06. The number of amides is 1. The summed E-state index contributed by atoms with van der Waals surface area (Å²) in [6.07, 6.45) is 2.04. The van der Waals surface area contributed by atoms with E-state index >= 15 is 0 Å². The summed E-state index contributed by atoms with van der Waals surface area (Å²) in [6, 6.07) is 0. The Bertz CT molecular complexity index is 590. The van der Waals surface area contributed by atoms with Crippen LogP contribution in [0.4, 0.5) is 0 Å². The third kappa shape index (κ3) is 4.09. The van der Waals surface area contributed by atoms with Crippen molar-refractivity contribution in [3.05, 3.63) is 11.7 Å². The van der Waals surface area contributed by atoms with E-state index in [1.807, 2.05) is 20.8 Å². The highest BCUT2D eigenvalue weighted by atomic mass is 16.5. The molecule has 7 nitrogen and oxygen atoms in total. The molecule has 0 saturated carbocycles. The Morgan fingerprint density at radius 3 is 2.61 bits per heavy atom. The summed E-state index contributed by atoms with van der Waals surface area (Å²) in [4.78, 5) is 29.4. The molecular weight excluding hydrogens is 298 g/mol. The first kappa shape index (κ1) is 17.4. The largest absolute Gasteiger partial charge is 0.481 e. The SMILES string of the molecule is CC(C)(C)c1noc(CCCC(=O)N2CC[C@@](C)(C(=O)O)C2)n1.